The lowest BCUT2D eigenvalue weighted by atomic mass is 10.1. The van der Waals surface area contributed by atoms with E-state index in [1.54, 1.807) is 11.8 Å². The molecule has 0 aliphatic rings. The highest BCUT2D eigenvalue weighted by atomic mass is 16.5. The summed E-state index contributed by atoms with van der Waals surface area (Å²) in [5.41, 5.74) is 5.23. The van der Waals surface area contributed by atoms with Gasteiger partial charge in [0.05, 0.1) is 31.9 Å². The van der Waals surface area contributed by atoms with Crippen molar-refractivity contribution in [2.24, 2.45) is 0 Å². The molecule has 35 heavy (non-hydrogen) atoms. The van der Waals surface area contributed by atoms with Crippen LogP contribution in [0.3, 0.4) is 0 Å². The number of unbranched alkanes of at least 4 members (excludes halogenated alkanes) is 2. The summed E-state index contributed by atoms with van der Waals surface area (Å²) in [4.78, 5) is 22.0. The monoisotopic (exact) mass is 479 g/mol. The van der Waals surface area contributed by atoms with Crippen molar-refractivity contribution in [3.63, 3.8) is 0 Å². The zero-order chi connectivity index (χ0) is 25.5. The molecule has 0 spiro atoms. The summed E-state index contributed by atoms with van der Waals surface area (Å²) < 4.78 is 13.1. The van der Waals surface area contributed by atoms with Crippen molar-refractivity contribution >= 4 is 5.91 Å². The number of aromatic nitrogens is 4. The standard InChI is InChI=1S/C27H37N5O3/c1-8-9-10-13-35-24-12-11-22(15-25(24)34-7)19(4)30-26(33)16-23-20(5)31-32(21(23)6)27-28-17(2)14-18(3)29-27/h11-12,14-15,19H,8-10,13,16H2,1-7H3,(H,30,33). The number of amides is 1. The van der Waals surface area contributed by atoms with Crippen LogP contribution in [0, 0.1) is 27.7 Å². The molecular formula is C27H37N5O3. The molecule has 2 heterocycles. The molecule has 0 saturated heterocycles. The topological polar surface area (TPSA) is 91.2 Å². The molecule has 3 rings (SSSR count). The molecule has 3 aromatic rings. The zero-order valence-corrected chi connectivity index (χ0v) is 21.9. The van der Waals surface area contributed by atoms with E-state index >= 15 is 0 Å². The van der Waals surface area contributed by atoms with Gasteiger partial charge in [-0.3, -0.25) is 4.79 Å². The minimum Gasteiger partial charge on any atom is -0.493 e. The summed E-state index contributed by atoms with van der Waals surface area (Å²) in [5.74, 6) is 1.83. The Morgan fingerprint density at radius 3 is 2.43 bits per heavy atom. The summed E-state index contributed by atoms with van der Waals surface area (Å²) in [6, 6.07) is 7.53. The van der Waals surface area contributed by atoms with Crippen LogP contribution < -0.4 is 14.8 Å². The van der Waals surface area contributed by atoms with E-state index in [0.717, 1.165) is 58.9 Å². The summed E-state index contributed by atoms with van der Waals surface area (Å²) in [5, 5.41) is 7.70. The molecule has 0 aliphatic heterocycles. The van der Waals surface area contributed by atoms with Gasteiger partial charge in [-0.05, 0) is 64.8 Å². The molecule has 0 radical (unpaired) electrons. The predicted octanol–water partition coefficient (Wildman–Crippen LogP) is 4.89. The maximum Gasteiger partial charge on any atom is 0.251 e. The number of benzene rings is 1. The van der Waals surface area contributed by atoms with E-state index in [9.17, 15) is 4.79 Å². The smallest absolute Gasteiger partial charge is 0.251 e. The molecule has 0 aliphatic carbocycles. The van der Waals surface area contributed by atoms with Crippen LogP contribution in [0.15, 0.2) is 24.3 Å². The van der Waals surface area contributed by atoms with E-state index < -0.39 is 0 Å². The third-order valence-corrected chi connectivity index (χ3v) is 6.01. The van der Waals surface area contributed by atoms with Gasteiger partial charge in [0.1, 0.15) is 0 Å². The normalized spacial score (nSPS) is 11.9. The van der Waals surface area contributed by atoms with E-state index in [1.165, 1.54) is 0 Å². The molecule has 0 bridgehead atoms. The lowest BCUT2D eigenvalue weighted by Gasteiger charge is -2.17. The number of hydrogen-bond acceptors (Lipinski definition) is 6. The van der Waals surface area contributed by atoms with Crippen LogP contribution in [0.2, 0.25) is 0 Å². The number of methoxy groups -OCH3 is 1. The second-order valence-corrected chi connectivity index (χ2v) is 8.94. The summed E-state index contributed by atoms with van der Waals surface area (Å²) in [6.45, 7) is 12.5. The number of rotatable bonds is 11. The third kappa shape index (κ3) is 6.59. The van der Waals surface area contributed by atoms with Gasteiger partial charge < -0.3 is 14.8 Å². The Bertz CT molecular complexity index is 1150. The summed E-state index contributed by atoms with van der Waals surface area (Å²) >= 11 is 0. The minimum atomic E-state index is -0.191. The molecule has 1 N–H and O–H groups in total. The van der Waals surface area contributed by atoms with Gasteiger partial charge in [0.25, 0.3) is 5.95 Å². The second-order valence-electron chi connectivity index (χ2n) is 8.94. The van der Waals surface area contributed by atoms with E-state index in [4.69, 9.17) is 9.47 Å². The van der Waals surface area contributed by atoms with Gasteiger partial charge in [-0.1, -0.05) is 25.8 Å². The third-order valence-electron chi connectivity index (χ3n) is 6.01. The number of nitrogens with zero attached hydrogens (tertiary/aromatic N) is 4. The predicted molar refractivity (Wildman–Crippen MR) is 136 cm³/mol. The van der Waals surface area contributed by atoms with E-state index in [0.29, 0.717) is 18.3 Å². The van der Waals surface area contributed by atoms with E-state index in [1.807, 2.05) is 58.9 Å². The highest BCUT2D eigenvalue weighted by Crippen LogP contribution is 2.30. The largest absolute Gasteiger partial charge is 0.493 e. The maximum atomic E-state index is 12.9. The number of carbonyl (C=O) groups excluding carboxylic acids is 1. The van der Waals surface area contributed by atoms with Gasteiger partial charge in [0.15, 0.2) is 11.5 Å². The van der Waals surface area contributed by atoms with Crippen LogP contribution in [0.4, 0.5) is 0 Å². The Morgan fingerprint density at radius 2 is 1.77 bits per heavy atom. The van der Waals surface area contributed by atoms with Crippen LogP contribution in [-0.4, -0.2) is 39.4 Å². The van der Waals surface area contributed by atoms with E-state index in [-0.39, 0.29) is 18.4 Å². The molecule has 0 saturated carbocycles. The molecule has 0 fully saturated rings. The number of ether oxygens (including phenoxy) is 2. The molecule has 8 nitrogen and oxygen atoms in total. The maximum absolute atomic E-state index is 12.9. The fraction of sp³-hybridized carbons (Fsp3) is 0.481. The Hall–Kier alpha value is -3.42. The number of carbonyl (C=O) groups is 1. The highest BCUT2D eigenvalue weighted by Gasteiger charge is 2.19. The van der Waals surface area contributed by atoms with Gasteiger partial charge in [0.2, 0.25) is 5.91 Å². The SMILES string of the molecule is CCCCCOc1ccc(C(C)NC(=O)Cc2c(C)nn(-c3nc(C)cc(C)n3)c2C)cc1OC. The quantitative estimate of drug-likeness (QED) is 0.394. The van der Waals surface area contributed by atoms with E-state index in [2.05, 4.69) is 27.3 Å². The first kappa shape index (κ1) is 26.2. The van der Waals surface area contributed by atoms with Crippen LogP contribution in [0.5, 0.6) is 11.5 Å². The van der Waals surface area contributed by atoms with Crippen LogP contribution in [0.1, 0.15) is 73.1 Å². The lowest BCUT2D eigenvalue weighted by molar-refractivity contribution is -0.121. The fourth-order valence-electron chi connectivity index (χ4n) is 4.07. The van der Waals surface area contributed by atoms with Crippen molar-refractivity contribution in [3.05, 3.63) is 58.2 Å². The van der Waals surface area contributed by atoms with Crippen molar-refractivity contribution in [3.8, 4) is 17.4 Å². The van der Waals surface area contributed by atoms with Crippen LogP contribution in [0.25, 0.3) is 5.95 Å². The van der Waals surface area contributed by atoms with Crippen LogP contribution in [-0.2, 0) is 11.2 Å². The first-order valence-electron chi connectivity index (χ1n) is 12.2. The Labute approximate surface area is 208 Å². The van der Waals surface area contributed by atoms with Crippen LogP contribution >= 0.6 is 0 Å². The van der Waals surface area contributed by atoms with Crippen molar-refractivity contribution in [2.75, 3.05) is 13.7 Å². The molecule has 1 amide bonds. The Kier molecular flexibility index (Phi) is 8.84. The van der Waals surface area contributed by atoms with Crippen molar-refractivity contribution in [2.45, 2.75) is 73.3 Å². The molecule has 1 unspecified atom stereocenters. The molecule has 1 atom stereocenters. The molecule has 2 aromatic heterocycles. The zero-order valence-electron chi connectivity index (χ0n) is 21.9. The Balaban J connectivity index is 1.69. The average molecular weight is 480 g/mol. The molecule has 188 valence electrons. The minimum absolute atomic E-state index is 0.0801. The van der Waals surface area contributed by atoms with Gasteiger partial charge in [-0.15, -0.1) is 0 Å². The first-order chi connectivity index (χ1) is 16.7. The fourth-order valence-corrected chi connectivity index (χ4v) is 4.07. The number of aryl methyl sites for hydroxylation is 3. The first-order valence-corrected chi connectivity index (χ1v) is 12.2. The van der Waals surface area contributed by atoms with Crippen molar-refractivity contribution < 1.29 is 14.3 Å². The van der Waals surface area contributed by atoms with Gasteiger partial charge in [0, 0.05) is 22.6 Å². The number of nitrogens with one attached hydrogen (secondary N) is 1. The van der Waals surface area contributed by atoms with Gasteiger partial charge in [-0.2, -0.15) is 5.10 Å². The summed E-state index contributed by atoms with van der Waals surface area (Å²) in [7, 11) is 1.63. The average Bonchev–Trinajstić information content (AvgIpc) is 3.09. The number of hydrogen-bond donors (Lipinski definition) is 1. The summed E-state index contributed by atoms with van der Waals surface area (Å²) in [6.07, 6.45) is 3.52. The molecular weight excluding hydrogens is 442 g/mol. The Morgan fingerprint density at radius 1 is 1.06 bits per heavy atom. The van der Waals surface area contributed by atoms with Crippen molar-refractivity contribution in [1.82, 2.24) is 25.1 Å². The van der Waals surface area contributed by atoms with Gasteiger partial charge in [-0.25, -0.2) is 14.6 Å². The van der Waals surface area contributed by atoms with Gasteiger partial charge >= 0.3 is 0 Å². The molecule has 1 aromatic carbocycles. The van der Waals surface area contributed by atoms with Crippen molar-refractivity contribution in [1.29, 1.82) is 0 Å². The highest BCUT2D eigenvalue weighted by molar-refractivity contribution is 5.79. The second kappa shape index (κ2) is 11.8. The molecule has 8 heteroatoms. The lowest BCUT2D eigenvalue weighted by Crippen LogP contribution is -2.28.